The van der Waals surface area contributed by atoms with E-state index in [0.717, 1.165) is 17.3 Å². The van der Waals surface area contributed by atoms with Crippen LogP contribution in [-0.4, -0.2) is 14.7 Å². The van der Waals surface area contributed by atoms with Crippen LogP contribution in [-0.2, 0) is 17.8 Å². The molecule has 0 spiro atoms. The van der Waals surface area contributed by atoms with Crippen molar-refractivity contribution in [2.24, 2.45) is 0 Å². The first kappa shape index (κ1) is 11.7. The number of carbonyl (C=O) groups is 1. The lowest BCUT2D eigenvalue weighted by molar-refractivity contribution is 0.0465. The van der Waals surface area contributed by atoms with E-state index < -0.39 is 5.97 Å². The Balaban J connectivity index is 1.98. The van der Waals surface area contributed by atoms with Crippen LogP contribution in [0.2, 0.25) is 0 Å². The first-order valence-corrected chi connectivity index (χ1v) is 6.06. The number of aryl methyl sites for hydroxylation is 1. The summed E-state index contributed by atoms with van der Waals surface area (Å²) in [6, 6.07) is 9.56. The lowest BCUT2D eigenvalue weighted by Gasteiger charge is -2.03. The maximum absolute atomic E-state index is 11.7. The molecule has 0 bridgehead atoms. The molecule has 0 aliphatic rings. The SMILES string of the molecule is CCc1nsnc1C(=O)OCc1ccccc1. The van der Waals surface area contributed by atoms with E-state index in [4.69, 9.17) is 4.74 Å². The van der Waals surface area contributed by atoms with E-state index in [1.807, 2.05) is 37.3 Å². The van der Waals surface area contributed by atoms with E-state index >= 15 is 0 Å². The van der Waals surface area contributed by atoms with Gasteiger partial charge in [-0.2, -0.15) is 8.75 Å². The van der Waals surface area contributed by atoms with Crippen molar-refractivity contribution < 1.29 is 9.53 Å². The van der Waals surface area contributed by atoms with E-state index in [1.165, 1.54) is 0 Å². The molecule has 2 rings (SSSR count). The summed E-state index contributed by atoms with van der Waals surface area (Å²) in [5.41, 5.74) is 2.00. The summed E-state index contributed by atoms with van der Waals surface area (Å²) in [7, 11) is 0. The van der Waals surface area contributed by atoms with Gasteiger partial charge in [0, 0.05) is 0 Å². The fourth-order valence-corrected chi connectivity index (χ4v) is 2.00. The molecule has 0 amide bonds. The highest BCUT2D eigenvalue weighted by Gasteiger charge is 2.16. The minimum absolute atomic E-state index is 0.264. The normalized spacial score (nSPS) is 10.2. The van der Waals surface area contributed by atoms with Crippen LogP contribution in [0, 0.1) is 0 Å². The highest BCUT2D eigenvalue weighted by Crippen LogP contribution is 2.10. The molecule has 17 heavy (non-hydrogen) atoms. The van der Waals surface area contributed by atoms with Crippen LogP contribution in [0.25, 0.3) is 0 Å². The number of hydrogen-bond donors (Lipinski definition) is 0. The van der Waals surface area contributed by atoms with Crippen molar-refractivity contribution in [1.82, 2.24) is 8.75 Å². The van der Waals surface area contributed by atoms with E-state index in [9.17, 15) is 4.79 Å². The zero-order valence-corrected chi connectivity index (χ0v) is 10.2. The van der Waals surface area contributed by atoms with Crippen LogP contribution in [0.15, 0.2) is 30.3 Å². The first-order valence-electron chi connectivity index (χ1n) is 5.33. The van der Waals surface area contributed by atoms with Crippen molar-refractivity contribution >= 4 is 17.7 Å². The monoisotopic (exact) mass is 248 g/mol. The van der Waals surface area contributed by atoms with Crippen LogP contribution in [0.5, 0.6) is 0 Å². The zero-order chi connectivity index (χ0) is 12.1. The van der Waals surface area contributed by atoms with Gasteiger partial charge in [0.05, 0.1) is 17.4 Å². The Morgan fingerprint density at radius 3 is 2.76 bits per heavy atom. The van der Waals surface area contributed by atoms with Crippen molar-refractivity contribution in [3.05, 3.63) is 47.3 Å². The molecular formula is C12H12N2O2S. The lowest BCUT2D eigenvalue weighted by atomic mass is 10.2. The topological polar surface area (TPSA) is 52.1 Å². The van der Waals surface area contributed by atoms with Gasteiger partial charge in [0.1, 0.15) is 6.61 Å². The molecule has 0 saturated carbocycles. The summed E-state index contributed by atoms with van der Waals surface area (Å²) < 4.78 is 13.2. The number of hydrogen-bond acceptors (Lipinski definition) is 5. The molecule has 0 fully saturated rings. The predicted octanol–water partition coefficient (Wildman–Crippen LogP) is 2.46. The fraction of sp³-hybridized carbons (Fsp3) is 0.250. The molecule has 2 aromatic rings. The third-order valence-corrected chi connectivity index (χ3v) is 2.86. The summed E-state index contributed by atoms with van der Waals surface area (Å²) >= 11 is 1.04. The van der Waals surface area contributed by atoms with E-state index in [-0.39, 0.29) is 6.61 Å². The number of nitrogens with zero attached hydrogens (tertiary/aromatic N) is 2. The second-order valence-corrected chi connectivity index (χ2v) is 4.00. The average molecular weight is 248 g/mol. The Labute approximate surface area is 104 Å². The Morgan fingerprint density at radius 2 is 2.06 bits per heavy atom. The summed E-state index contributed by atoms with van der Waals surface area (Å²) in [6.07, 6.45) is 0.687. The molecule has 0 radical (unpaired) electrons. The van der Waals surface area contributed by atoms with E-state index in [1.54, 1.807) is 0 Å². The molecule has 0 aliphatic carbocycles. The summed E-state index contributed by atoms with van der Waals surface area (Å²) in [6.45, 7) is 2.20. The number of esters is 1. The average Bonchev–Trinajstić information content (AvgIpc) is 2.85. The van der Waals surface area contributed by atoms with E-state index in [2.05, 4.69) is 8.75 Å². The third kappa shape index (κ3) is 2.88. The van der Waals surface area contributed by atoms with E-state index in [0.29, 0.717) is 17.8 Å². The van der Waals surface area contributed by atoms with Crippen molar-refractivity contribution in [3.8, 4) is 0 Å². The van der Waals surface area contributed by atoms with Gasteiger partial charge in [0.15, 0.2) is 5.69 Å². The van der Waals surface area contributed by atoms with Crippen molar-refractivity contribution in [2.75, 3.05) is 0 Å². The molecule has 1 aromatic heterocycles. The molecule has 0 N–H and O–H groups in total. The third-order valence-electron chi connectivity index (χ3n) is 2.30. The lowest BCUT2D eigenvalue weighted by Crippen LogP contribution is -2.08. The molecule has 0 saturated heterocycles. The van der Waals surface area contributed by atoms with Crippen LogP contribution in [0.3, 0.4) is 0 Å². The zero-order valence-electron chi connectivity index (χ0n) is 9.42. The Kier molecular flexibility index (Phi) is 3.82. The highest BCUT2D eigenvalue weighted by molar-refractivity contribution is 6.99. The summed E-state index contributed by atoms with van der Waals surface area (Å²) in [5.74, 6) is -0.403. The smallest absolute Gasteiger partial charge is 0.360 e. The van der Waals surface area contributed by atoms with Gasteiger partial charge in [-0.25, -0.2) is 4.79 Å². The highest BCUT2D eigenvalue weighted by atomic mass is 32.1. The van der Waals surface area contributed by atoms with Crippen molar-refractivity contribution in [3.63, 3.8) is 0 Å². The quantitative estimate of drug-likeness (QED) is 0.780. The molecule has 5 heteroatoms. The van der Waals surface area contributed by atoms with Gasteiger partial charge >= 0.3 is 5.97 Å². The number of aromatic nitrogens is 2. The number of ether oxygens (including phenoxy) is 1. The largest absolute Gasteiger partial charge is 0.456 e. The van der Waals surface area contributed by atoms with Crippen LogP contribution in [0.4, 0.5) is 0 Å². The van der Waals surface area contributed by atoms with Gasteiger partial charge in [-0.1, -0.05) is 37.3 Å². The van der Waals surface area contributed by atoms with Gasteiger partial charge in [-0.15, -0.1) is 0 Å². The minimum atomic E-state index is -0.403. The summed E-state index contributed by atoms with van der Waals surface area (Å²) in [5, 5.41) is 0. The Bertz CT molecular complexity index is 496. The second-order valence-electron chi connectivity index (χ2n) is 3.47. The van der Waals surface area contributed by atoms with Gasteiger partial charge in [-0.3, -0.25) is 0 Å². The first-order chi connectivity index (χ1) is 8.31. The number of benzene rings is 1. The minimum Gasteiger partial charge on any atom is -0.456 e. The van der Waals surface area contributed by atoms with Crippen molar-refractivity contribution in [2.45, 2.75) is 20.0 Å². The molecule has 0 aliphatic heterocycles. The van der Waals surface area contributed by atoms with Crippen LogP contribution in [0.1, 0.15) is 28.7 Å². The van der Waals surface area contributed by atoms with Gasteiger partial charge in [0.2, 0.25) is 0 Å². The molecular weight excluding hydrogens is 236 g/mol. The maximum Gasteiger partial charge on any atom is 0.360 e. The predicted molar refractivity (Wildman–Crippen MR) is 64.8 cm³/mol. The number of rotatable bonds is 4. The summed E-state index contributed by atoms with van der Waals surface area (Å²) in [4.78, 5) is 11.7. The van der Waals surface area contributed by atoms with Crippen LogP contribution < -0.4 is 0 Å². The fourth-order valence-electron chi connectivity index (χ4n) is 1.38. The maximum atomic E-state index is 11.7. The molecule has 1 heterocycles. The Hall–Kier alpha value is -1.75. The van der Waals surface area contributed by atoms with Gasteiger partial charge in [0.25, 0.3) is 0 Å². The molecule has 0 unspecified atom stereocenters. The number of carbonyl (C=O) groups excluding carboxylic acids is 1. The molecule has 4 nitrogen and oxygen atoms in total. The molecule has 1 aromatic carbocycles. The van der Waals surface area contributed by atoms with Gasteiger partial charge in [-0.05, 0) is 12.0 Å². The second kappa shape index (κ2) is 5.54. The Morgan fingerprint density at radius 1 is 1.29 bits per heavy atom. The van der Waals surface area contributed by atoms with Crippen LogP contribution >= 0.6 is 11.7 Å². The van der Waals surface area contributed by atoms with Crippen molar-refractivity contribution in [1.29, 1.82) is 0 Å². The standard InChI is InChI=1S/C12H12N2O2S/c1-2-10-11(14-17-13-10)12(15)16-8-9-6-4-3-5-7-9/h3-7H,2,8H2,1H3. The molecule has 88 valence electrons. The molecule has 0 atom stereocenters. The van der Waals surface area contributed by atoms with Gasteiger partial charge < -0.3 is 4.74 Å².